The van der Waals surface area contributed by atoms with Crippen LogP contribution >= 0.6 is 0 Å². The first-order chi connectivity index (χ1) is 14.8. The van der Waals surface area contributed by atoms with Crippen molar-refractivity contribution in [1.82, 2.24) is 14.8 Å². The summed E-state index contributed by atoms with van der Waals surface area (Å²) in [5.41, 5.74) is 1.45. The van der Waals surface area contributed by atoms with Gasteiger partial charge in [0.25, 0.3) is 5.91 Å². The monoisotopic (exact) mass is 442 g/mol. The van der Waals surface area contributed by atoms with Gasteiger partial charge >= 0.3 is 0 Å². The molecule has 31 heavy (non-hydrogen) atoms. The van der Waals surface area contributed by atoms with Crippen LogP contribution in [-0.2, 0) is 21.2 Å². The molecular weight excluding hydrogens is 416 g/mol. The first kappa shape index (κ1) is 21.3. The molecule has 2 aliphatic rings. The molecule has 0 aliphatic carbocycles. The zero-order valence-corrected chi connectivity index (χ0v) is 18.3. The Morgan fingerprint density at radius 1 is 1.06 bits per heavy atom. The predicted molar refractivity (Wildman–Crippen MR) is 117 cm³/mol. The van der Waals surface area contributed by atoms with Crippen LogP contribution in [0.15, 0.2) is 48.7 Å². The average molecular weight is 443 g/mol. The number of piperazine rings is 1. The van der Waals surface area contributed by atoms with E-state index in [0.29, 0.717) is 38.3 Å². The fourth-order valence-corrected chi connectivity index (χ4v) is 4.83. The number of carbonyl (C=O) groups excluding carboxylic acids is 2. The van der Waals surface area contributed by atoms with E-state index in [2.05, 4.69) is 9.88 Å². The number of carbonyl (C=O) groups is 2. The first-order valence-corrected chi connectivity index (χ1v) is 12.4. The fourth-order valence-electron chi connectivity index (χ4n) is 4.17. The van der Waals surface area contributed by atoms with Gasteiger partial charge in [-0.1, -0.05) is 24.3 Å². The van der Waals surface area contributed by atoms with Gasteiger partial charge in [0.2, 0.25) is 5.91 Å². The van der Waals surface area contributed by atoms with E-state index in [-0.39, 0.29) is 24.0 Å². The van der Waals surface area contributed by atoms with Crippen LogP contribution < -0.4 is 4.90 Å². The molecule has 0 bridgehead atoms. The highest BCUT2D eigenvalue weighted by Crippen LogP contribution is 2.27. The number of pyridine rings is 1. The van der Waals surface area contributed by atoms with Gasteiger partial charge in [-0.25, -0.2) is 13.4 Å². The van der Waals surface area contributed by atoms with Gasteiger partial charge < -0.3 is 14.7 Å². The zero-order valence-electron chi connectivity index (χ0n) is 17.5. The standard InChI is InChI=1S/C22H26N4O4S/c1-31(29,30)15-9-19(26-16-17-6-2-3-7-18(17)21(26)27)22(28)25-13-11-24(12-14-25)20-8-4-5-10-23-20/h2-8,10,19H,9,11-16H2,1H3/t19-/m1/s1. The lowest BCUT2D eigenvalue weighted by Crippen LogP contribution is -2.55. The average Bonchev–Trinajstić information content (AvgIpc) is 3.10. The first-order valence-electron chi connectivity index (χ1n) is 10.3. The molecule has 8 nitrogen and oxygen atoms in total. The Hall–Kier alpha value is -2.94. The van der Waals surface area contributed by atoms with Crippen molar-refractivity contribution in [2.75, 3.05) is 43.1 Å². The Bertz CT molecular complexity index is 1070. The Morgan fingerprint density at radius 3 is 2.42 bits per heavy atom. The van der Waals surface area contributed by atoms with E-state index < -0.39 is 15.9 Å². The minimum absolute atomic E-state index is 0.0951. The lowest BCUT2D eigenvalue weighted by atomic mass is 10.1. The number of hydrogen-bond acceptors (Lipinski definition) is 6. The van der Waals surface area contributed by atoms with Crippen LogP contribution in [0.3, 0.4) is 0 Å². The number of anilines is 1. The quantitative estimate of drug-likeness (QED) is 0.668. The molecule has 2 aliphatic heterocycles. The number of benzene rings is 1. The van der Waals surface area contributed by atoms with Crippen LogP contribution in [-0.4, -0.2) is 79.2 Å². The number of aromatic nitrogens is 1. The number of rotatable bonds is 6. The van der Waals surface area contributed by atoms with E-state index >= 15 is 0 Å². The molecule has 2 amide bonds. The smallest absolute Gasteiger partial charge is 0.255 e. The number of nitrogens with zero attached hydrogens (tertiary/aromatic N) is 4. The normalized spacial score (nSPS) is 17.6. The molecule has 0 spiro atoms. The third kappa shape index (κ3) is 4.71. The summed E-state index contributed by atoms with van der Waals surface area (Å²) in [4.78, 5) is 36.2. The summed E-state index contributed by atoms with van der Waals surface area (Å²) in [5, 5.41) is 0. The molecule has 1 atom stereocenters. The maximum absolute atomic E-state index is 13.4. The van der Waals surface area contributed by atoms with Crippen molar-refractivity contribution < 1.29 is 18.0 Å². The van der Waals surface area contributed by atoms with Gasteiger partial charge in [0.05, 0.1) is 5.75 Å². The summed E-state index contributed by atoms with van der Waals surface area (Å²) in [5.74, 6) is 0.325. The summed E-state index contributed by atoms with van der Waals surface area (Å²) < 4.78 is 23.6. The summed E-state index contributed by atoms with van der Waals surface area (Å²) in [6, 6.07) is 12.2. The molecule has 164 valence electrons. The molecule has 0 saturated carbocycles. The minimum atomic E-state index is -3.27. The van der Waals surface area contributed by atoms with E-state index in [1.165, 1.54) is 4.90 Å². The second kappa shape index (κ2) is 8.66. The van der Waals surface area contributed by atoms with Crippen molar-refractivity contribution in [3.63, 3.8) is 0 Å². The lowest BCUT2D eigenvalue weighted by molar-refractivity contribution is -0.136. The topological polar surface area (TPSA) is 90.9 Å². The van der Waals surface area contributed by atoms with Crippen molar-refractivity contribution in [3.8, 4) is 0 Å². The van der Waals surface area contributed by atoms with Gasteiger partial charge in [-0.3, -0.25) is 9.59 Å². The van der Waals surface area contributed by atoms with Crippen molar-refractivity contribution in [2.45, 2.75) is 19.0 Å². The number of hydrogen-bond donors (Lipinski definition) is 0. The highest BCUT2D eigenvalue weighted by atomic mass is 32.2. The van der Waals surface area contributed by atoms with Crippen LogP contribution in [0.4, 0.5) is 5.82 Å². The number of fused-ring (bicyclic) bond motifs is 1. The molecule has 4 rings (SSSR count). The second-order valence-electron chi connectivity index (χ2n) is 8.02. The van der Waals surface area contributed by atoms with Crippen molar-refractivity contribution in [3.05, 3.63) is 59.8 Å². The highest BCUT2D eigenvalue weighted by molar-refractivity contribution is 7.90. The summed E-state index contributed by atoms with van der Waals surface area (Å²) in [7, 11) is -3.27. The Labute approximate surface area is 182 Å². The van der Waals surface area contributed by atoms with Crippen LogP contribution in [0.2, 0.25) is 0 Å². The van der Waals surface area contributed by atoms with Crippen molar-refractivity contribution in [1.29, 1.82) is 0 Å². The SMILES string of the molecule is CS(=O)(=O)CC[C@H](C(=O)N1CCN(c2ccccn2)CC1)N1Cc2ccccc2C1=O. The summed E-state index contributed by atoms with van der Waals surface area (Å²) in [6.07, 6.45) is 2.99. The van der Waals surface area contributed by atoms with Crippen LogP contribution in [0, 0.1) is 0 Å². The van der Waals surface area contributed by atoms with E-state index in [0.717, 1.165) is 17.6 Å². The van der Waals surface area contributed by atoms with E-state index in [1.807, 2.05) is 30.3 Å². The molecular formula is C22H26N4O4S. The molecule has 2 aromatic rings. The molecule has 3 heterocycles. The molecule has 1 saturated heterocycles. The van der Waals surface area contributed by atoms with Crippen LogP contribution in [0.1, 0.15) is 22.3 Å². The number of sulfone groups is 1. The Balaban J connectivity index is 1.49. The molecule has 1 aromatic heterocycles. The van der Waals surface area contributed by atoms with Crippen LogP contribution in [0.25, 0.3) is 0 Å². The molecule has 1 aromatic carbocycles. The molecule has 1 fully saturated rings. The highest BCUT2D eigenvalue weighted by Gasteiger charge is 2.39. The largest absolute Gasteiger partial charge is 0.353 e. The molecule has 0 unspecified atom stereocenters. The van der Waals surface area contributed by atoms with Crippen molar-refractivity contribution in [2.24, 2.45) is 0 Å². The number of amides is 2. The maximum Gasteiger partial charge on any atom is 0.255 e. The van der Waals surface area contributed by atoms with Gasteiger partial charge in [-0.2, -0.15) is 0 Å². The van der Waals surface area contributed by atoms with E-state index in [9.17, 15) is 18.0 Å². The Kier molecular flexibility index (Phi) is 5.95. The van der Waals surface area contributed by atoms with E-state index in [1.54, 1.807) is 23.2 Å². The van der Waals surface area contributed by atoms with Crippen molar-refractivity contribution >= 4 is 27.5 Å². The fraction of sp³-hybridized carbons (Fsp3) is 0.409. The van der Waals surface area contributed by atoms with Gasteiger partial charge in [-0.05, 0) is 30.2 Å². The molecule has 0 N–H and O–H groups in total. The predicted octanol–water partition coefficient (Wildman–Crippen LogP) is 1.19. The van der Waals surface area contributed by atoms with E-state index in [4.69, 9.17) is 0 Å². The maximum atomic E-state index is 13.4. The second-order valence-corrected chi connectivity index (χ2v) is 10.3. The summed E-state index contributed by atoms with van der Waals surface area (Å²) in [6.45, 7) is 2.59. The zero-order chi connectivity index (χ0) is 22.0. The lowest BCUT2D eigenvalue weighted by Gasteiger charge is -2.38. The van der Waals surface area contributed by atoms with Gasteiger partial charge in [0, 0.05) is 50.7 Å². The summed E-state index contributed by atoms with van der Waals surface area (Å²) >= 11 is 0. The Morgan fingerprint density at radius 2 is 1.77 bits per heavy atom. The van der Waals surface area contributed by atoms with Gasteiger partial charge in [0.15, 0.2) is 0 Å². The van der Waals surface area contributed by atoms with Crippen LogP contribution in [0.5, 0.6) is 0 Å². The van der Waals surface area contributed by atoms with Gasteiger partial charge in [0.1, 0.15) is 21.7 Å². The third-order valence-corrected chi connectivity index (χ3v) is 6.81. The van der Waals surface area contributed by atoms with Gasteiger partial charge in [-0.15, -0.1) is 0 Å². The molecule has 0 radical (unpaired) electrons. The third-order valence-electron chi connectivity index (χ3n) is 5.84. The minimum Gasteiger partial charge on any atom is -0.353 e. The molecule has 9 heteroatoms.